The van der Waals surface area contributed by atoms with Gasteiger partial charge in [-0.05, 0) is 43.2 Å². The second-order valence-corrected chi connectivity index (χ2v) is 6.38. The monoisotopic (exact) mass is 264 g/mol. The third-order valence-electron chi connectivity index (χ3n) is 4.15. The number of piperidine rings is 2. The van der Waals surface area contributed by atoms with Crippen molar-refractivity contribution < 1.29 is 4.79 Å². The number of hydrogen-bond donors (Lipinski definition) is 1. The van der Waals surface area contributed by atoms with E-state index in [-0.39, 0.29) is 0 Å². The van der Waals surface area contributed by atoms with E-state index in [9.17, 15) is 4.79 Å². The minimum Gasteiger partial charge on any atom is -0.342 e. The fourth-order valence-electron chi connectivity index (χ4n) is 3.15. The fourth-order valence-corrected chi connectivity index (χ4v) is 3.84. The highest BCUT2D eigenvalue weighted by atomic mass is 32.1. The quantitative estimate of drug-likeness (QED) is 0.885. The summed E-state index contributed by atoms with van der Waals surface area (Å²) in [6.07, 6.45) is 4.25. The zero-order valence-corrected chi connectivity index (χ0v) is 11.4. The number of rotatable bonds is 2. The number of nitrogens with zero attached hydrogens (tertiary/aromatic N) is 1. The van der Waals surface area contributed by atoms with Crippen molar-refractivity contribution in [3.8, 4) is 0 Å². The minimum atomic E-state index is 0.307. The highest BCUT2D eigenvalue weighted by Crippen LogP contribution is 2.25. The predicted molar refractivity (Wildman–Crippen MR) is 73.7 cm³/mol. The van der Waals surface area contributed by atoms with Gasteiger partial charge in [-0.1, -0.05) is 6.07 Å². The summed E-state index contributed by atoms with van der Waals surface area (Å²) < 4.78 is 0. The highest BCUT2D eigenvalue weighted by molar-refractivity contribution is 7.10. The van der Waals surface area contributed by atoms with Crippen LogP contribution < -0.4 is 5.32 Å². The highest BCUT2D eigenvalue weighted by Gasteiger charge is 2.32. The zero-order valence-electron chi connectivity index (χ0n) is 10.6. The molecule has 0 spiro atoms. The van der Waals surface area contributed by atoms with Crippen molar-refractivity contribution in [2.24, 2.45) is 5.92 Å². The summed E-state index contributed by atoms with van der Waals surface area (Å²) in [6.45, 7) is 3.05. The number of thiophene rings is 1. The van der Waals surface area contributed by atoms with Crippen LogP contribution in [0.15, 0.2) is 17.5 Å². The van der Waals surface area contributed by atoms with E-state index in [4.69, 9.17) is 0 Å². The molecule has 0 aromatic carbocycles. The van der Waals surface area contributed by atoms with Gasteiger partial charge in [0.15, 0.2) is 0 Å². The van der Waals surface area contributed by atoms with Crippen molar-refractivity contribution in [3.05, 3.63) is 22.4 Å². The molecule has 1 N–H and O–H groups in total. The van der Waals surface area contributed by atoms with Crippen LogP contribution in [0, 0.1) is 5.92 Å². The van der Waals surface area contributed by atoms with Gasteiger partial charge in [-0.2, -0.15) is 0 Å². The van der Waals surface area contributed by atoms with Crippen LogP contribution in [-0.4, -0.2) is 36.5 Å². The molecule has 1 aromatic rings. The Balaban J connectivity index is 1.58. The van der Waals surface area contributed by atoms with Gasteiger partial charge in [0.25, 0.3) is 0 Å². The van der Waals surface area contributed by atoms with Crippen molar-refractivity contribution in [1.29, 1.82) is 0 Å². The SMILES string of the molecule is O=C(Cc1cccs1)N1CC[C@H]2NCCC[C@H]2C1. The summed E-state index contributed by atoms with van der Waals surface area (Å²) in [5, 5.41) is 5.63. The van der Waals surface area contributed by atoms with Gasteiger partial charge in [-0.25, -0.2) is 0 Å². The van der Waals surface area contributed by atoms with Crippen LogP contribution >= 0.6 is 11.3 Å². The van der Waals surface area contributed by atoms with Crippen molar-refractivity contribution in [2.75, 3.05) is 19.6 Å². The zero-order chi connectivity index (χ0) is 12.4. The number of fused-ring (bicyclic) bond motifs is 1. The second kappa shape index (κ2) is 5.41. The molecule has 1 aromatic heterocycles. The van der Waals surface area contributed by atoms with Crippen LogP contribution in [0.2, 0.25) is 0 Å². The molecular formula is C14H20N2OS. The van der Waals surface area contributed by atoms with Gasteiger partial charge in [-0.3, -0.25) is 4.79 Å². The van der Waals surface area contributed by atoms with E-state index in [1.54, 1.807) is 11.3 Å². The Hall–Kier alpha value is -0.870. The van der Waals surface area contributed by atoms with Gasteiger partial charge in [0.05, 0.1) is 6.42 Å². The molecule has 0 bridgehead atoms. The van der Waals surface area contributed by atoms with Gasteiger partial charge in [0.1, 0.15) is 0 Å². The molecule has 18 heavy (non-hydrogen) atoms. The largest absolute Gasteiger partial charge is 0.342 e. The minimum absolute atomic E-state index is 0.307. The van der Waals surface area contributed by atoms with Gasteiger partial charge in [0.2, 0.25) is 5.91 Å². The van der Waals surface area contributed by atoms with E-state index in [2.05, 4.69) is 16.3 Å². The van der Waals surface area contributed by atoms with Gasteiger partial charge >= 0.3 is 0 Å². The van der Waals surface area contributed by atoms with E-state index in [0.29, 0.717) is 24.3 Å². The van der Waals surface area contributed by atoms with Gasteiger partial charge < -0.3 is 10.2 Å². The predicted octanol–water partition coefficient (Wildman–Crippen LogP) is 1.89. The molecule has 0 saturated carbocycles. The Morgan fingerprint density at radius 2 is 2.44 bits per heavy atom. The Kier molecular flexibility index (Phi) is 3.66. The number of carbonyl (C=O) groups is 1. The number of nitrogens with one attached hydrogen (secondary N) is 1. The van der Waals surface area contributed by atoms with E-state index in [1.807, 2.05) is 11.4 Å². The molecule has 1 amide bonds. The average molecular weight is 264 g/mol. The van der Waals surface area contributed by atoms with E-state index < -0.39 is 0 Å². The lowest BCUT2D eigenvalue weighted by molar-refractivity contribution is -0.132. The van der Waals surface area contributed by atoms with E-state index in [0.717, 1.165) is 26.1 Å². The number of amides is 1. The molecule has 3 nitrogen and oxygen atoms in total. The average Bonchev–Trinajstić information content (AvgIpc) is 2.91. The first-order valence-corrected chi connectivity index (χ1v) is 7.74. The fraction of sp³-hybridized carbons (Fsp3) is 0.643. The first kappa shape index (κ1) is 12.2. The third kappa shape index (κ3) is 2.59. The van der Waals surface area contributed by atoms with E-state index >= 15 is 0 Å². The number of hydrogen-bond acceptors (Lipinski definition) is 3. The van der Waals surface area contributed by atoms with Crippen molar-refractivity contribution in [1.82, 2.24) is 10.2 Å². The molecule has 2 atom stereocenters. The summed E-state index contributed by atoms with van der Waals surface area (Å²) in [6, 6.07) is 4.73. The molecular weight excluding hydrogens is 244 g/mol. The summed E-state index contributed by atoms with van der Waals surface area (Å²) >= 11 is 1.68. The topological polar surface area (TPSA) is 32.3 Å². The number of likely N-dealkylation sites (tertiary alicyclic amines) is 1. The first-order chi connectivity index (χ1) is 8.83. The molecule has 3 rings (SSSR count). The first-order valence-electron chi connectivity index (χ1n) is 6.86. The van der Waals surface area contributed by atoms with Crippen molar-refractivity contribution in [3.63, 3.8) is 0 Å². The van der Waals surface area contributed by atoms with Crippen LogP contribution in [0.25, 0.3) is 0 Å². The van der Waals surface area contributed by atoms with Crippen LogP contribution in [0.1, 0.15) is 24.1 Å². The van der Waals surface area contributed by atoms with Crippen molar-refractivity contribution >= 4 is 17.2 Å². The summed E-state index contributed by atoms with van der Waals surface area (Å²) in [4.78, 5) is 15.5. The molecule has 3 heterocycles. The normalized spacial score (nSPS) is 27.9. The third-order valence-corrected chi connectivity index (χ3v) is 5.03. The molecule has 98 valence electrons. The molecule has 2 aliphatic rings. The Morgan fingerprint density at radius 3 is 3.28 bits per heavy atom. The van der Waals surface area contributed by atoms with Crippen LogP contribution in [0.3, 0.4) is 0 Å². The molecule has 2 saturated heterocycles. The maximum Gasteiger partial charge on any atom is 0.227 e. The lowest BCUT2D eigenvalue weighted by Crippen LogP contribution is -2.53. The van der Waals surface area contributed by atoms with Crippen LogP contribution in [-0.2, 0) is 11.2 Å². The summed E-state index contributed by atoms with van der Waals surface area (Å²) in [5.74, 6) is 0.987. The molecule has 4 heteroatoms. The molecule has 2 aliphatic heterocycles. The second-order valence-electron chi connectivity index (χ2n) is 5.35. The maximum atomic E-state index is 12.3. The summed E-state index contributed by atoms with van der Waals surface area (Å²) in [7, 11) is 0. The smallest absolute Gasteiger partial charge is 0.227 e. The molecule has 0 unspecified atom stereocenters. The Morgan fingerprint density at radius 1 is 1.50 bits per heavy atom. The standard InChI is InChI=1S/C14H20N2OS/c17-14(9-12-4-2-8-18-12)16-7-5-13-11(10-16)3-1-6-15-13/h2,4,8,11,13,15H,1,3,5-7,9-10H2/t11-,13+/m0/s1. The molecule has 0 aliphatic carbocycles. The maximum absolute atomic E-state index is 12.3. The van der Waals surface area contributed by atoms with Crippen LogP contribution in [0.4, 0.5) is 0 Å². The summed E-state index contributed by atoms with van der Waals surface area (Å²) in [5.41, 5.74) is 0. The Labute approximate surface area is 112 Å². The van der Waals surface area contributed by atoms with Crippen molar-refractivity contribution in [2.45, 2.75) is 31.7 Å². The molecule has 2 fully saturated rings. The van der Waals surface area contributed by atoms with Crippen LogP contribution in [0.5, 0.6) is 0 Å². The lowest BCUT2D eigenvalue weighted by Gasteiger charge is -2.41. The van der Waals surface area contributed by atoms with E-state index in [1.165, 1.54) is 17.7 Å². The van der Waals surface area contributed by atoms with Gasteiger partial charge in [-0.15, -0.1) is 11.3 Å². The Bertz CT molecular complexity index is 404. The van der Waals surface area contributed by atoms with Gasteiger partial charge in [0, 0.05) is 24.0 Å². The molecule has 0 radical (unpaired) electrons. The number of carbonyl (C=O) groups excluding carboxylic acids is 1. The lowest BCUT2D eigenvalue weighted by atomic mass is 9.85.